The van der Waals surface area contributed by atoms with Crippen molar-refractivity contribution in [3.05, 3.63) is 29.8 Å². The van der Waals surface area contributed by atoms with Crippen LogP contribution in [0.15, 0.2) is 24.3 Å². The van der Waals surface area contributed by atoms with E-state index in [0.29, 0.717) is 25.3 Å². The van der Waals surface area contributed by atoms with Gasteiger partial charge in [0.05, 0.1) is 18.5 Å². The second kappa shape index (κ2) is 11.0. The van der Waals surface area contributed by atoms with E-state index in [9.17, 15) is 19.2 Å². The number of hydrogen-bond acceptors (Lipinski definition) is 5. The number of amides is 4. The summed E-state index contributed by atoms with van der Waals surface area (Å²) in [5.41, 5.74) is 0.271. The minimum absolute atomic E-state index is 0.161. The number of hydrogen-bond donors (Lipinski definition) is 3. The molecule has 1 aromatic rings. The molecule has 1 aromatic carbocycles. The topological polar surface area (TPSA) is 117 Å². The van der Waals surface area contributed by atoms with Crippen molar-refractivity contribution in [2.45, 2.75) is 51.6 Å². The van der Waals surface area contributed by atoms with E-state index in [1.165, 1.54) is 0 Å². The van der Waals surface area contributed by atoms with Crippen molar-refractivity contribution in [2.75, 3.05) is 26.2 Å². The number of benzene rings is 1. The average Bonchev–Trinajstić information content (AvgIpc) is 3.29. The lowest BCUT2D eigenvalue weighted by molar-refractivity contribution is -0.135. The van der Waals surface area contributed by atoms with Gasteiger partial charge in [0.1, 0.15) is 24.4 Å². The Morgan fingerprint density at radius 2 is 1.84 bits per heavy atom. The van der Waals surface area contributed by atoms with Crippen molar-refractivity contribution < 1.29 is 23.9 Å². The average molecular weight is 445 g/mol. The summed E-state index contributed by atoms with van der Waals surface area (Å²) >= 11 is 0. The van der Waals surface area contributed by atoms with Gasteiger partial charge in [0, 0.05) is 13.1 Å². The zero-order chi connectivity index (χ0) is 23.1. The molecular weight excluding hydrogens is 412 g/mol. The highest BCUT2D eigenvalue weighted by atomic mass is 16.5. The summed E-state index contributed by atoms with van der Waals surface area (Å²) in [6.45, 7) is 5.52. The monoisotopic (exact) mass is 444 g/mol. The fraction of sp³-hybridized carbons (Fsp3) is 0.565. The van der Waals surface area contributed by atoms with E-state index in [4.69, 9.17) is 4.74 Å². The first-order chi connectivity index (χ1) is 15.3. The Morgan fingerprint density at radius 3 is 2.56 bits per heavy atom. The van der Waals surface area contributed by atoms with Crippen LogP contribution in [0.25, 0.3) is 0 Å². The van der Waals surface area contributed by atoms with Crippen molar-refractivity contribution in [3.63, 3.8) is 0 Å². The van der Waals surface area contributed by atoms with Crippen LogP contribution in [0.3, 0.4) is 0 Å². The summed E-state index contributed by atoms with van der Waals surface area (Å²) in [7, 11) is 0. The normalized spacial score (nSPS) is 22.8. The summed E-state index contributed by atoms with van der Waals surface area (Å²) in [5, 5.41) is 8.26. The molecule has 9 nitrogen and oxygen atoms in total. The number of carbonyl (C=O) groups is 4. The van der Waals surface area contributed by atoms with E-state index in [2.05, 4.69) is 16.0 Å². The molecule has 0 unspecified atom stereocenters. The minimum Gasteiger partial charge on any atom is -0.491 e. The highest BCUT2D eigenvalue weighted by Crippen LogP contribution is 2.19. The van der Waals surface area contributed by atoms with Crippen LogP contribution in [0, 0.1) is 5.92 Å². The van der Waals surface area contributed by atoms with Crippen molar-refractivity contribution in [2.24, 2.45) is 5.92 Å². The van der Waals surface area contributed by atoms with Crippen molar-refractivity contribution >= 4 is 23.6 Å². The van der Waals surface area contributed by atoms with E-state index in [-0.39, 0.29) is 42.9 Å². The van der Waals surface area contributed by atoms with E-state index in [0.717, 1.165) is 12.8 Å². The molecule has 1 fully saturated rings. The molecule has 2 heterocycles. The fourth-order valence-electron chi connectivity index (χ4n) is 3.97. The first-order valence-electron chi connectivity index (χ1n) is 11.2. The lowest BCUT2D eigenvalue weighted by Gasteiger charge is -2.26. The molecule has 2 atom stereocenters. The van der Waals surface area contributed by atoms with Crippen molar-refractivity contribution in [1.82, 2.24) is 20.9 Å². The van der Waals surface area contributed by atoms with Gasteiger partial charge in [0.15, 0.2) is 0 Å². The first-order valence-corrected chi connectivity index (χ1v) is 11.2. The highest BCUT2D eigenvalue weighted by molar-refractivity contribution is 6.01. The molecule has 174 valence electrons. The van der Waals surface area contributed by atoms with E-state index >= 15 is 0 Å². The van der Waals surface area contributed by atoms with Gasteiger partial charge >= 0.3 is 0 Å². The zero-order valence-corrected chi connectivity index (χ0v) is 18.7. The van der Waals surface area contributed by atoms with Crippen LogP contribution in [0.4, 0.5) is 0 Å². The molecule has 9 heteroatoms. The molecule has 2 aliphatic heterocycles. The first kappa shape index (κ1) is 23.6. The second-order valence-corrected chi connectivity index (χ2v) is 8.65. The molecule has 0 aliphatic carbocycles. The Morgan fingerprint density at radius 1 is 1.12 bits per heavy atom. The summed E-state index contributed by atoms with van der Waals surface area (Å²) < 4.78 is 5.73. The Bertz CT molecular complexity index is 851. The van der Waals surface area contributed by atoms with Gasteiger partial charge in [-0.1, -0.05) is 26.0 Å². The Kier molecular flexibility index (Phi) is 8.08. The van der Waals surface area contributed by atoms with Gasteiger partial charge in [-0.05, 0) is 37.3 Å². The quantitative estimate of drug-likeness (QED) is 0.639. The maximum atomic E-state index is 13.1. The summed E-state index contributed by atoms with van der Waals surface area (Å²) in [6.07, 6.45) is 2.00. The summed E-state index contributed by atoms with van der Waals surface area (Å²) in [6, 6.07) is 4.95. The number of nitrogens with one attached hydrogen (secondary N) is 3. The standard InChI is InChI=1S/C23H32N4O5/c1-15(2)13-17-22(30)24-9-12-32-19-8-4-3-7-16(19)21(29)26-18(14-20(28)25-17)23(31)27-10-5-6-11-27/h3-4,7-8,15,17-18H,5-6,9-14H2,1-2H3,(H,24,30)(H,25,28)(H,26,29)/t17-,18-/m0/s1. The molecule has 0 spiro atoms. The summed E-state index contributed by atoms with van der Waals surface area (Å²) in [5.74, 6) is -0.994. The minimum atomic E-state index is -1.03. The predicted octanol–water partition coefficient (Wildman–Crippen LogP) is 0.837. The van der Waals surface area contributed by atoms with Crippen LogP contribution >= 0.6 is 0 Å². The Hall–Kier alpha value is -3.10. The Balaban J connectivity index is 1.87. The van der Waals surface area contributed by atoms with Crippen LogP contribution in [0.1, 0.15) is 49.9 Å². The maximum Gasteiger partial charge on any atom is 0.255 e. The molecule has 0 aromatic heterocycles. The second-order valence-electron chi connectivity index (χ2n) is 8.65. The van der Waals surface area contributed by atoms with E-state index in [1.807, 2.05) is 13.8 Å². The van der Waals surface area contributed by atoms with Gasteiger partial charge in [-0.25, -0.2) is 0 Å². The van der Waals surface area contributed by atoms with E-state index in [1.54, 1.807) is 29.2 Å². The number of rotatable bonds is 3. The molecule has 0 saturated carbocycles. The van der Waals surface area contributed by atoms with Crippen LogP contribution in [-0.2, 0) is 14.4 Å². The van der Waals surface area contributed by atoms with Crippen LogP contribution in [-0.4, -0.2) is 66.9 Å². The predicted molar refractivity (Wildman–Crippen MR) is 118 cm³/mol. The molecule has 0 bridgehead atoms. The molecular formula is C23H32N4O5. The van der Waals surface area contributed by atoms with E-state index < -0.39 is 23.9 Å². The number of para-hydroxylation sites is 1. The lowest BCUT2D eigenvalue weighted by Crippen LogP contribution is -2.53. The van der Waals surface area contributed by atoms with Gasteiger partial charge < -0.3 is 25.6 Å². The molecule has 0 radical (unpaired) electrons. The molecule has 1 saturated heterocycles. The summed E-state index contributed by atoms with van der Waals surface area (Å²) in [4.78, 5) is 53.3. The van der Waals surface area contributed by atoms with Crippen molar-refractivity contribution in [3.8, 4) is 5.75 Å². The van der Waals surface area contributed by atoms with Gasteiger partial charge in [-0.15, -0.1) is 0 Å². The molecule has 3 rings (SSSR count). The van der Waals surface area contributed by atoms with Gasteiger partial charge in [-0.2, -0.15) is 0 Å². The van der Waals surface area contributed by atoms with Crippen LogP contribution in [0.5, 0.6) is 5.75 Å². The van der Waals surface area contributed by atoms with Gasteiger partial charge in [0.25, 0.3) is 5.91 Å². The zero-order valence-electron chi connectivity index (χ0n) is 18.7. The van der Waals surface area contributed by atoms with Gasteiger partial charge in [0.2, 0.25) is 17.7 Å². The molecule has 2 aliphatic rings. The third kappa shape index (κ3) is 6.21. The largest absolute Gasteiger partial charge is 0.491 e. The fourth-order valence-corrected chi connectivity index (χ4v) is 3.97. The molecule has 3 N–H and O–H groups in total. The van der Waals surface area contributed by atoms with Crippen LogP contribution < -0.4 is 20.7 Å². The number of ether oxygens (including phenoxy) is 1. The lowest BCUT2D eigenvalue weighted by atomic mass is 10.0. The number of nitrogens with zero attached hydrogens (tertiary/aromatic N) is 1. The molecule has 4 amide bonds. The smallest absolute Gasteiger partial charge is 0.255 e. The SMILES string of the molecule is CC(C)C[C@@H]1NC(=O)C[C@@H](C(=O)N2CCCC2)NC(=O)c2ccccc2OCCNC1=O. The van der Waals surface area contributed by atoms with Gasteiger partial charge in [-0.3, -0.25) is 19.2 Å². The van der Waals surface area contributed by atoms with Crippen LogP contribution in [0.2, 0.25) is 0 Å². The Labute approximate surface area is 188 Å². The molecule has 32 heavy (non-hydrogen) atoms. The maximum absolute atomic E-state index is 13.1. The third-order valence-electron chi connectivity index (χ3n) is 5.56. The third-order valence-corrected chi connectivity index (χ3v) is 5.56. The number of carbonyl (C=O) groups excluding carboxylic acids is 4. The number of likely N-dealkylation sites (tertiary alicyclic amines) is 1. The van der Waals surface area contributed by atoms with Crippen molar-refractivity contribution in [1.29, 1.82) is 0 Å². The number of fused-ring (bicyclic) bond motifs is 1. The highest BCUT2D eigenvalue weighted by Gasteiger charge is 2.32.